The van der Waals surface area contributed by atoms with Crippen molar-refractivity contribution in [2.75, 3.05) is 25.1 Å². The van der Waals surface area contributed by atoms with Crippen LogP contribution in [0.4, 0.5) is 10.6 Å². The highest BCUT2D eigenvalue weighted by molar-refractivity contribution is 5.96. The molecule has 0 unspecified atom stereocenters. The summed E-state index contributed by atoms with van der Waals surface area (Å²) in [6.07, 6.45) is 3.00. The van der Waals surface area contributed by atoms with Gasteiger partial charge in [-0.15, -0.1) is 0 Å². The molecule has 2 heterocycles. The highest BCUT2D eigenvalue weighted by Gasteiger charge is 2.43. The summed E-state index contributed by atoms with van der Waals surface area (Å²) < 4.78 is 11.0. The van der Waals surface area contributed by atoms with Gasteiger partial charge in [0.25, 0.3) is 0 Å². The average Bonchev–Trinajstić information content (AvgIpc) is 3.57. The van der Waals surface area contributed by atoms with Crippen LogP contribution in [0.5, 0.6) is 5.75 Å². The Labute approximate surface area is 195 Å². The van der Waals surface area contributed by atoms with Crippen molar-refractivity contribution in [2.24, 2.45) is 11.8 Å². The molecular formula is C24H35N3O6. The predicted octanol–water partition coefficient (Wildman–Crippen LogP) is 3.67. The van der Waals surface area contributed by atoms with E-state index in [2.05, 4.69) is 4.98 Å². The minimum Gasteiger partial charge on any atom is -0.496 e. The number of likely N-dealkylation sites (tertiary alicyclic amines) is 1. The normalized spacial score (nSPS) is 21.0. The number of aliphatic carboxylic acids is 1. The first kappa shape index (κ1) is 24.8. The number of carboxylic acid groups (broad SMARTS) is 1. The number of hydrogen-bond acceptors (Lipinski definition) is 6. The largest absolute Gasteiger partial charge is 0.496 e. The first-order chi connectivity index (χ1) is 15.4. The molecule has 1 aromatic rings. The van der Waals surface area contributed by atoms with Crippen LogP contribution in [0.3, 0.4) is 0 Å². The van der Waals surface area contributed by atoms with Crippen LogP contribution in [0.2, 0.25) is 0 Å². The molecule has 2 aliphatic rings. The van der Waals surface area contributed by atoms with E-state index in [9.17, 15) is 19.5 Å². The minimum absolute atomic E-state index is 0.0137. The van der Waals surface area contributed by atoms with Gasteiger partial charge in [0.1, 0.15) is 17.2 Å². The molecule has 33 heavy (non-hydrogen) atoms. The Kier molecular flexibility index (Phi) is 7.19. The second-order valence-electron chi connectivity index (χ2n) is 10.2. The lowest BCUT2D eigenvalue weighted by molar-refractivity contribution is -0.144. The van der Waals surface area contributed by atoms with Gasteiger partial charge in [-0.25, -0.2) is 9.78 Å². The lowest BCUT2D eigenvalue weighted by atomic mass is 9.88. The summed E-state index contributed by atoms with van der Waals surface area (Å²) in [5.74, 6) is -1.38. The van der Waals surface area contributed by atoms with E-state index >= 15 is 0 Å². The van der Waals surface area contributed by atoms with Crippen LogP contribution in [0.25, 0.3) is 0 Å². The predicted molar refractivity (Wildman–Crippen MR) is 122 cm³/mol. The van der Waals surface area contributed by atoms with Crippen LogP contribution >= 0.6 is 0 Å². The van der Waals surface area contributed by atoms with Crippen LogP contribution < -0.4 is 9.64 Å². The van der Waals surface area contributed by atoms with Gasteiger partial charge in [-0.3, -0.25) is 14.5 Å². The summed E-state index contributed by atoms with van der Waals surface area (Å²) in [7, 11) is 1.59. The van der Waals surface area contributed by atoms with Crippen molar-refractivity contribution in [3.8, 4) is 5.75 Å². The molecule has 0 spiro atoms. The third-order valence-corrected chi connectivity index (χ3v) is 5.92. The van der Waals surface area contributed by atoms with Gasteiger partial charge in [0.15, 0.2) is 0 Å². The van der Waals surface area contributed by atoms with Crippen LogP contribution in [-0.2, 0) is 14.3 Å². The fourth-order valence-electron chi connectivity index (χ4n) is 4.12. The molecule has 0 radical (unpaired) electrons. The zero-order valence-electron chi connectivity index (χ0n) is 20.3. The van der Waals surface area contributed by atoms with Crippen LogP contribution in [0, 0.1) is 11.8 Å². The van der Waals surface area contributed by atoms with Gasteiger partial charge in [0, 0.05) is 37.0 Å². The van der Waals surface area contributed by atoms with Crippen molar-refractivity contribution in [3.63, 3.8) is 0 Å². The molecule has 0 aromatic carbocycles. The van der Waals surface area contributed by atoms with Crippen LogP contribution in [0.1, 0.15) is 65.4 Å². The Bertz CT molecular complexity index is 906. The molecule has 2 atom stereocenters. The maximum absolute atomic E-state index is 13.7. The summed E-state index contributed by atoms with van der Waals surface area (Å²) in [6, 6.07) is 1.79. The van der Waals surface area contributed by atoms with E-state index < -0.39 is 29.5 Å². The molecule has 3 rings (SSSR count). The van der Waals surface area contributed by atoms with Gasteiger partial charge in [0.2, 0.25) is 5.91 Å². The molecule has 9 heteroatoms. The number of carbonyl (C=O) groups excluding carboxylic acids is 2. The van der Waals surface area contributed by atoms with Gasteiger partial charge < -0.3 is 19.5 Å². The molecule has 1 saturated heterocycles. The molecule has 2 fully saturated rings. The number of piperidine rings is 1. The Hall–Kier alpha value is -2.84. The second kappa shape index (κ2) is 9.57. The molecule has 1 saturated carbocycles. The first-order valence-corrected chi connectivity index (χ1v) is 11.5. The van der Waals surface area contributed by atoms with Crippen molar-refractivity contribution in [1.82, 2.24) is 9.88 Å². The molecule has 182 valence electrons. The number of amides is 2. The first-order valence-electron chi connectivity index (χ1n) is 11.5. The third-order valence-electron chi connectivity index (χ3n) is 5.92. The lowest BCUT2D eigenvalue weighted by Crippen LogP contribution is -2.52. The Morgan fingerprint density at radius 1 is 1.18 bits per heavy atom. The molecule has 1 aromatic heterocycles. The topological polar surface area (TPSA) is 109 Å². The number of carboxylic acids is 1. The van der Waals surface area contributed by atoms with Gasteiger partial charge in [0.05, 0.1) is 18.9 Å². The number of ether oxygens (including phenoxy) is 2. The van der Waals surface area contributed by atoms with Crippen molar-refractivity contribution in [3.05, 3.63) is 17.8 Å². The van der Waals surface area contributed by atoms with E-state index in [4.69, 9.17) is 9.47 Å². The lowest BCUT2D eigenvalue weighted by Gasteiger charge is -2.38. The fourth-order valence-corrected chi connectivity index (χ4v) is 4.12. The standard InChI is InChI=1S/C24H35N3O6/c1-14(2)18-11-25-20(10-19(18)32-6)27(17-7-8-17)21(28)15-9-16(22(29)30)13-26(12-15)23(31)33-24(3,4)5/h10-11,14-17H,7-9,12-13H2,1-6H3,(H,29,30)/t15-,16+/m1/s1. The molecule has 1 aliphatic heterocycles. The van der Waals surface area contributed by atoms with E-state index in [1.165, 1.54) is 4.90 Å². The Morgan fingerprint density at radius 3 is 2.33 bits per heavy atom. The van der Waals surface area contributed by atoms with Crippen molar-refractivity contribution < 1.29 is 29.0 Å². The number of pyridine rings is 1. The zero-order valence-corrected chi connectivity index (χ0v) is 20.3. The van der Waals surface area contributed by atoms with Gasteiger partial charge in [-0.2, -0.15) is 0 Å². The molecule has 1 aliphatic carbocycles. The number of rotatable bonds is 6. The second-order valence-corrected chi connectivity index (χ2v) is 10.2. The molecular weight excluding hydrogens is 426 g/mol. The Balaban J connectivity index is 1.88. The van der Waals surface area contributed by atoms with Crippen molar-refractivity contribution >= 4 is 23.8 Å². The minimum atomic E-state index is -1.03. The third kappa shape index (κ3) is 5.94. The summed E-state index contributed by atoms with van der Waals surface area (Å²) in [6.45, 7) is 9.47. The molecule has 2 amide bonds. The number of methoxy groups -OCH3 is 1. The van der Waals surface area contributed by atoms with E-state index in [-0.39, 0.29) is 37.4 Å². The van der Waals surface area contributed by atoms with Gasteiger partial charge in [-0.05, 0) is 46.0 Å². The number of aromatic nitrogens is 1. The zero-order chi connectivity index (χ0) is 24.5. The number of anilines is 1. The van der Waals surface area contributed by atoms with Crippen LogP contribution in [0.15, 0.2) is 12.3 Å². The summed E-state index contributed by atoms with van der Waals surface area (Å²) >= 11 is 0. The molecule has 9 nitrogen and oxygen atoms in total. The van der Waals surface area contributed by atoms with Crippen molar-refractivity contribution in [1.29, 1.82) is 0 Å². The summed E-state index contributed by atoms with van der Waals surface area (Å²) in [4.78, 5) is 45.7. The summed E-state index contributed by atoms with van der Waals surface area (Å²) in [5.41, 5.74) is 0.231. The molecule has 1 N–H and O–H groups in total. The quantitative estimate of drug-likeness (QED) is 0.688. The number of hydrogen-bond donors (Lipinski definition) is 1. The maximum Gasteiger partial charge on any atom is 0.410 e. The maximum atomic E-state index is 13.7. The van der Waals surface area contributed by atoms with Crippen LogP contribution in [-0.4, -0.2) is 64.8 Å². The molecule has 0 bridgehead atoms. The fraction of sp³-hybridized carbons (Fsp3) is 0.667. The monoisotopic (exact) mass is 461 g/mol. The number of carbonyl (C=O) groups is 3. The van der Waals surface area contributed by atoms with E-state index in [1.54, 1.807) is 45.0 Å². The number of nitrogens with zero attached hydrogens (tertiary/aromatic N) is 3. The van der Waals surface area contributed by atoms with Crippen molar-refractivity contribution in [2.45, 2.75) is 71.4 Å². The van der Waals surface area contributed by atoms with E-state index in [1.807, 2.05) is 13.8 Å². The highest BCUT2D eigenvalue weighted by Crippen LogP contribution is 2.37. The summed E-state index contributed by atoms with van der Waals surface area (Å²) in [5, 5.41) is 9.67. The highest BCUT2D eigenvalue weighted by atomic mass is 16.6. The average molecular weight is 462 g/mol. The van der Waals surface area contributed by atoms with E-state index in [0.717, 1.165) is 18.4 Å². The SMILES string of the molecule is COc1cc(N(C(=O)[C@@H]2C[C@H](C(=O)O)CN(C(=O)OC(C)(C)C)C2)C2CC2)ncc1C(C)C. The smallest absolute Gasteiger partial charge is 0.410 e. The van der Waals surface area contributed by atoms with E-state index in [0.29, 0.717) is 11.6 Å². The van der Waals surface area contributed by atoms with Gasteiger partial charge in [-0.1, -0.05) is 13.8 Å². The van der Waals surface area contributed by atoms with Gasteiger partial charge >= 0.3 is 12.1 Å². The Morgan fingerprint density at radius 2 is 1.82 bits per heavy atom.